The Bertz CT molecular complexity index is 456. The molecule has 1 aliphatic heterocycles. The third kappa shape index (κ3) is 5.59. The van der Waals surface area contributed by atoms with E-state index in [1.165, 1.54) is 5.56 Å². The maximum Gasteiger partial charge on any atom is 0.223 e. The SMILES string of the molecule is CC(C)c1ccc(C(C)NC(=O)CC2CNCCO2)cc1.Cl. The van der Waals surface area contributed by atoms with Gasteiger partial charge in [-0.1, -0.05) is 38.1 Å². The Morgan fingerprint density at radius 2 is 1.91 bits per heavy atom. The fourth-order valence-electron chi connectivity index (χ4n) is 2.51. The van der Waals surface area contributed by atoms with Gasteiger partial charge in [-0.25, -0.2) is 0 Å². The number of hydrogen-bond acceptors (Lipinski definition) is 3. The van der Waals surface area contributed by atoms with Gasteiger partial charge in [0, 0.05) is 13.1 Å². The quantitative estimate of drug-likeness (QED) is 0.874. The normalized spacial score (nSPS) is 19.4. The highest BCUT2D eigenvalue weighted by molar-refractivity contribution is 5.85. The van der Waals surface area contributed by atoms with E-state index in [4.69, 9.17) is 4.74 Å². The van der Waals surface area contributed by atoms with E-state index in [1.807, 2.05) is 6.92 Å². The van der Waals surface area contributed by atoms with E-state index in [1.54, 1.807) is 0 Å². The zero-order chi connectivity index (χ0) is 15.2. The Balaban J connectivity index is 0.00000242. The summed E-state index contributed by atoms with van der Waals surface area (Å²) >= 11 is 0. The van der Waals surface area contributed by atoms with Crippen LogP contribution in [0, 0.1) is 0 Å². The van der Waals surface area contributed by atoms with Gasteiger partial charge in [0.1, 0.15) is 0 Å². The van der Waals surface area contributed by atoms with Crippen LogP contribution in [-0.4, -0.2) is 31.7 Å². The molecule has 0 spiro atoms. The summed E-state index contributed by atoms with van der Waals surface area (Å²) < 4.78 is 5.55. The van der Waals surface area contributed by atoms with Crippen LogP contribution >= 0.6 is 12.4 Å². The predicted octanol–water partition coefficient (Wildman–Crippen LogP) is 2.79. The fraction of sp³-hybridized carbons (Fsp3) is 0.588. The molecule has 1 fully saturated rings. The Kier molecular flexibility index (Phi) is 7.87. The number of halogens is 1. The van der Waals surface area contributed by atoms with E-state index in [9.17, 15) is 4.79 Å². The van der Waals surface area contributed by atoms with Gasteiger partial charge < -0.3 is 15.4 Å². The van der Waals surface area contributed by atoms with Gasteiger partial charge in [-0.3, -0.25) is 4.79 Å². The van der Waals surface area contributed by atoms with E-state index >= 15 is 0 Å². The molecule has 1 saturated heterocycles. The lowest BCUT2D eigenvalue weighted by Crippen LogP contribution is -2.41. The molecule has 1 aliphatic rings. The second kappa shape index (κ2) is 9.13. The third-order valence-corrected chi connectivity index (χ3v) is 3.90. The molecule has 0 aromatic heterocycles. The fourth-order valence-corrected chi connectivity index (χ4v) is 2.51. The van der Waals surface area contributed by atoms with Crippen molar-refractivity contribution in [3.8, 4) is 0 Å². The summed E-state index contributed by atoms with van der Waals surface area (Å²) in [5.74, 6) is 0.573. The molecule has 124 valence electrons. The average Bonchev–Trinajstić information content (AvgIpc) is 2.48. The molecule has 0 bridgehead atoms. The van der Waals surface area contributed by atoms with Crippen molar-refractivity contribution in [1.82, 2.24) is 10.6 Å². The molecule has 1 amide bonds. The number of rotatable bonds is 5. The Labute approximate surface area is 139 Å². The van der Waals surface area contributed by atoms with E-state index in [0.29, 0.717) is 18.9 Å². The molecule has 2 unspecified atom stereocenters. The van der Waals surface area contributed by atoms with Crippen molar-refractivity contribution in [2.24, 2.45) is 0 Å². The molecular weight excluding hydrogens is 300 g/mol. The van der Waals surface area contributed by atoms with Gasteiger partial charge in [-0.05, 0) is 24.0 Å². The van der Waals surface area contributed by atoms with Gasteiger partial charge in [0.25, 0.3) is 0 Å². The summed E-state index contributed by atoms with van der Waals surface area (Å²) in [6.45, 7) is 8.69. The molecule has 0 radical (unpaired) electrons. The first kappa shape index (κ1) is 18.9. The zero-order valence-corrected chi connectivity index (χ0v) is 14.4. The molecular formula is C17H27ClN2O2. The minimum absolute atomic E-state index is 0. The monoisotopic (exact) mass is 326 g/mol. The highest BCUT2D eigenvalue weighted by atomic mass is 35.5. The van der Waals surface area contributed by atoms with Crippen molar-refractivity contribution in [2.75, 3.05) is 19.7 Å². The maximum atomic E-state index is 12.1. The van der Waals surface area contributed by atoms with Gasteiger partial charge >= 0.3 is 0 Å². The number of hydrogen-bond donors (Lipinski definition) is 2. The van der Waals surface area contributed by atoms with Crippen molar-refractivity contribution < 1.29 is 9.53 Å². The van der Waals surface area contributed by atoms with Crippen molar-refractivity contribution in [3.05, 3.63) is 35.4 Å². The minimum atomic E-state index is -0.00531. The molecule has 2 rings (SSSR count). The number of carbonyl (C=O) groups excluding carboxylic acids is 1. The first-order chi connectivity index (χ1) is 10.1. The summed E-state index contributed by atoms with van der Waals surface area (Å²) in [5, 5.41) is 6.28. The highest BCUT2D eigenvalue weighted by Gasteiger charge is 2.18. The lowest BCUT2D eigenvalue weighted by Gasteiger charge is -2.24. The lowest BCUT2D eigenvalue weighted by molar-refractivity contribution is -0.125. The second-order valence-corrected chi connectivity index (χ2v) is 6.01. The summed E-state index contributed by atoms with van der Waals surface area (Å²) in [6, 6.07) is 8.49. The molecule has 0 saturated carbocycles. The molecule has 5 heteroatoms. The molecule has 2 atom stereocenters. The first-order valence-electron chi connectivity index (χ1n) is 7.78. The summed E-state index contributed by atoms with van der Waals surface area (Å²) in [4.78, 5) is 12.1. The molecule has 22 heavy (non-hydrogen) atoms. The summed E-state index contributed by atoms with van der Waals surface area (Å²) in [6.07, 6.45) is 0.413. The van der Waals surface area contributed by atoms with Crippen LogP contribution in [0.25, 0.3) is 0 Å². The molecule has 4 nitrogen and oxygen atoms in total. The van der Waals surface area contributed by atoms with Crippen molar-refractivity contribution >= 4 is 18.3 Å². The van der Waals surface area contributed by atoms with Gasteiger partial charge in [0.05, 0.1) is 25.2 Å². The van der Waals surface area contributed by atoms with Gasteiger partial charge in [0.15, 0.2) is 0 Å². The number of benzene rings is 1. The Hall–Kier alpha value is -1.10. The Morgan fingerprint density at radius 3 is 2.45 bits per heavy atom. The number of amides is 1. The summed E-state index contributed by atoms with van der Waals surface area (Å²) in [5.41, 5.74) is 2.45. The van der Waals surface area contributed by atoms with E-state index < -0.39 is 0 Å². The largest absolute Gasteiger partial charge is 0.375 e. The number of carbonyl (C=O) groups is 1. The van der Waals surface area contributed by atoms with Crippen molar-refractivity contribution in [2.45, 2.75) is 45.3 Å². The number of morpholine rings is 1. The molecule has 1 aromatic carbocycles. The van der Waals surface area contributed by atoms with E-state index in [0.717, 1.165) is 18.7 Å². The predicted molar refractivity (Wildman–Crippen MR) is 91.6 cm³/mol. The maximum absolute atomic E-state index is 12.1. The van der Waals surface area contributed by atoms with Crippen LogP contribution in [-0.2, 0) is 9.53 Å². The van der Waals surface area contributed by atoms with E-state index in [2.05, 4.69) is 48.7 Å². The minimum Gasteiger partial charge on any atom is -0.375 e. The van der Waals surface area contributed by atoms with Crippen LogP contribution in [0.4, 0.5) is 0 Å². The van der Waals surface area contributed by atoms with Crippen LogP contribution in [0.3, 0.4) is 0 Å². The van der Waals surface area contributed by atoms with Crippen LogP contribution in [0.15, 0.2) is 24.3 Å². The molecule has 2 N–H and O–H groups in total. The Morgan fingerprint density at radius 1 is 1.27 bits per heavy atom. The van der Waals surface area contributed by atoms with Crippen LogP contribution in [0.2, 0.25) is 0 Å². The topological polar surface area (TPSA) is 50.4 Å². The van der Waals surface area contributed by atoms with Crippen LogP contribution < -0.4 is 10.6 Å². The number of ether oxygens (including phenoxy) is 1. The van der Waals surface area contributed by atoms with Crippen LogP contribution in [0.5, 0.6) is 0 Å². The molecule has 1 aromatic rings. The van der Waals surface area contributed by atoms with Gasteiger partial charge in [0.2, 0.25) is 5.91 Å². The molecule has 0 aliphatic carbocycles. The lowest BCUT2D eigenvalue weighted by atomic mass is 9.99. The standard InChI is InChI=1S/C17H26N2O2.ClH/c1-12(2)14-4-6-15(7-5-14)13(3)19-17(20)10-16-11-18-8-9-21-16;/h4-7,12-13,16,18H,8-11H2,1-3H3,(H,19,20);1H. The zero-order valence-electron chi connectivity index (χ0n) is 13.6. The smallest absolute Gasteiger partial charge is 0.223 e. The molecule has 1 heterocycles. The first-order valence-corrected chi connectivity index (χ1v) is 7.78. The van der Waals surface area contributed by atoms with Crippen molar-refractivity contribution in [1.29, 1.82) is 0 Å². The number of nitrogens with one attached hydrogen (secondary N) is 2. The van der Waals surface area contributed by atoms with Gasteiger partial charge in [-0.15, -0.1) is 12.4 Å². The average molecular weight is 327 g/mol. The highest BCUT2D eigenvalue weighted by Crippen LogP contribution is 2.18. The van der Waals surface area contributed by atoms with E-state index in [-0.39, 0.29) is 30.5 Å². The van der Waals surface area contributed by atoms with Gasteiger partial charge in [-0.2, -0.15) is 0 Å². The van der Waals surface area contributed by atoms with Crippen LogP contribution in [0.1, 0.15) is 50.3 Å². The second-order valence-electron chi connectivity index (χ2n) is 6.01. The summed E-state index contributed by atoms with van der Waals surface area (Å²) in [7, 11) is 0. The van der Waals surface area contributed by atoms with Crippen molar-refractivity contribution in [3.63, 3.8) is 0 Å². The third-order valence-electron chi connectivity index (χ3n) is 3.90.